The molecule has 1 fully saturated rings. The van der Waals surface area contributed by atoms with Gasteiger partial charge in [0.05, 0.1) is 18.4 Å². The first-order valence-electron chi connectivity index (χ1n) is 7.38. The molecule has 1 aliphatic rings. The Labute approximate surface area is 137 Å². The molecule has 0 aromatic heterocycles. The van der Waals surface area contributed by atoms with Crippen LogP contribution in [-0.4, -0.2) is 35.8 Å². The predicted octanol–water partition coefficient (Wildman–Crippen LogP) is 1.48. The van der Waals surface area contributed by atoms with Crippen LogP contribution in [0.1, 0.15) is 31.9 Å². The smallest absolute Gasteiger partial charge is 0.227 e. The molecule has 0 aliphatic carbocycles. The molecule has 122 valence electrons. The number of halogens is 1. The summed E-state index contributed by atoms with van der Waals surface area (Å²) in [5, 5.41) is 2.83. The highest BCUT2D eigenvalue weighted by molar-refractivity contribution is 5.85. The van der Waals surface area contributed by atoms with Gasteiger partial charge in [-0.25, -0.2) is 0 Å². The van der Waals surface area contributed by atoms with Gasteiger partial charge in [0.2, 0.25) is 11.8 Å². The van der Waals surface area contributed by atoms with Gasteiger partial charge in [-0.15, -0.1) is 12.4 Å². The fraction of sp³-hybridized carbons (Fsp3) is 0.500. The maximum absolute atomic E-state index is 12.7. The number of amides is 2. The van der Waals surface area contributed by atoms with Crippen LogP contribution in [0.3, 0.4) is 0 Å². The van der Waals surface area contributed by atoms with Crippen LogP contribution in [0.4, 0.5) is 0 Å². The third-order valence-electron chi connectivity index (χ3n) is 4.08. The molecule has 1 aromatic rings. The van der Waals surface area contributed by atoms with E-state index in [0.29, 0.717) is 19.5 Å². The van der Waals surface area contributed by atoms with E-state index in [0.717, 1.165) is 5.56 Å². The molecule has 3 N–H and O–H groups in total. The Balaban J connectivity index is 0.00000242. The maximum Gasteiger partial charge on any atom is 0.227 e. The summed E-state index contributed by atoms with van der Waals surface area (Å²) in [6.07, 6.45) is 0.293. The van der Waals surface area contributed by atoms with Crippen molar-refractivity contribution in [2.75, 3.05) is 13.1 Å². The second kappa shape index (κ2) is 8.15. The van der Waals surface area contributed by atoms with Crippen molar-refractivity contribution in [2.24, 2.45) is 11.7 Å². The van der Waals surface area contributed by atoms with Crippen molar-refractivity contribution in [3.63, 3.8) is 0 Å². The van der Waals surface area contributed by atoms with Crippen LogP contribution in [0.5, 0.6) is 0 Å². The third kappa shape index (κ3) is 4.21. The molecular formula is C16H24ClN3O2. The van der Waals surface area contributed by atoms with Crippen LogP contribution in [0.2, 0.25) is 0 Å². The topological polar surface area (TPSA) is 75.4 Å². The summed E-state index contributed by atoms with van der Waals surface area (Å²) in [6.45, 7) is 4.68. The highest BCUT2D eigenvalue weighted by Gasteiger charge is 2.32. The number of benzene rings is 1. The van der Waals surface area contributed by atoms with Gasteiger partial charge in [0.15, 0.2) is 0 Å². The molecule has 0 spiro atoms. The summed E-state index contributed by atoms with van der Waals surface area (Å²) >= 11 is 0. The molecule has 22 heavy (non-hydrogen) atoms. The van der Waals surface area contributed by atoms with Gasteiger partial charge in [0.25, 0.3) is 0 Å². The Morgan fingerprint density at radius 2 is 1.95 bits per heavy atom. The fourth-order valence-corrected chi connectivity index (χ4v) is 2.55. The summed E-state index contributed by atoms with van der Waals surface area (Å²) in [7, 11) is 0. The summed E-state index contributed by atoms with van der Waals surface area (Å²) in [5.74, 6) is -0.271. The fourth-order valence-electron chi connectivity index (χ4n) is 2.55. The monoisotopic (exact) mass is 325 g/mol. The minimum atomic E-state index is -0.260. The third-order valence-corrected chi connectivity index (χ3v) is 4.08. The van der Waals surface area contributed by atoms with Crippen molar-refractivity contribution in [3.05, 3.63) is 35.9 Å². The van der Waals surface area contributed by atoms with Crippen LogP contribution in [-0.2, 0) is 9.59 Å². The van der Waals surface area contributed by atoms with Gasteiger partial charge >= 0.3 is 0 Å². The molecule has 1 saturated heterocycles. The van der Waals surface area contributed by atoms with Crippen LogP contribution >= 0.6 is 12.4 Å². The van der Waals surface area contributed by atoms with Gasteiger partial charge in [-0.2, -0.15) is 0 Å². The summed E-state index contributed by atoms with van der Waals surface area (Å²) in [5.41, 5.74) is 6.85. The quantitative estimate of drug-likeness (QED) is 0.884. The first kappa shape index (κ1) is 18.5. The van der Waals surface area contributed by atoms with Crippen molar-refractivity contribution in [1.82, 2.24) is 10.2 Å². The van der Waals surface area contributed by atoms with Crippen molar-refractivity contribution < 1.29 is 9.59 Å². The van der Waals surface area contributed by atoms with E-state index in [1.165, 1.54) is 0 Å². The SMILES string of the molecule is CC(N)C(C)C(=O)N1CCNC(=O)CC1c1ccccc1.Cl. The Bertz CT molecular complexity index is 507. The van der Waals surface area contributed by atoms with E-state index in [4.69, 9.17) is 5.73 Å². The number of hydrogen-bond acceptors (Lipinski definition) is 3. The zero-order chi connectivity index (χ0) is 15.4. The zero-order valence-electron chi connectivity index (χ0n) is 13.0. The molecule has 0 saturated carbocycles. The minimum absolute atomic E-state index is 0. The Kier molecular flexibility index (Phi) is 6.84. The standard InChI is InChI=1S/C16H23N3O2.ClH/c1-11(12(2)17)16(21)19-9-8-18-15(20)10-14(19)13-6-4-3-5-7-13;/h3-7,11-12,14H,8-10,17H2,1-2H3,(H,18,20);1H. The van der Waals surface area contributed by atoms with E-state index >= 15 is 0 Å². The zero-order valence-corrected chi connectivity index (χ0v) is 13.8. The molecule has 1 heterocycles. The Morgan fingerprint density at radius 3 is 2.55 bits per heavy atom. The van der Waals surface area contributed by atoms with Crippen LogP contribution in [0.25, 0.3) is 0 Å². The average molecular weight is 326 g/mol. The lowest BCUT2D eigenvalue weighted by Crippen LogP contribution is -2.44. The van der Waals surface area contributed by atoms with E-state index in [9.17, 15) is 9.59 Å². The second-order valence-electron chi connectivity index (χ2n) is 5.66. The number of carbonyl (C=O) groups excluding carboxylic acids is 2. The molecule has 0 bridgehead atoms. The van der Waals surface area contributed by atoms with Gasteiger partial charge in [-0.05, 0) is 12.5 Å². The van der Waals surface area contributed by atoms with Crippen LogP contribution < -0.4 is 11.1 Å². The van der Waals surface area contributed by atoms with Crippen molar-refractivity contribution >= 4 is 24.2 Å². The van der Waals surface area contributed by atoms with Gasteiger partial charge in [-0.1, -0.05) is 37.3 Å². The first-order valence-corrected chi connectivity index (χ1v) is 7.38. The van der Waals surface area contributed by atoms with E-state index < -0.39 is 0 Å². The van der Waals surface area contributed by atoms with Crippen molar-refractivity contribution in [3.8, 4) is 0 Å². The number of nitrogens with two attached hydrogens (primary N) is 1. The van der Waals surface area contributed by atoms with Gasteiger partial charge in [0.1, 0.15) is 0 Å². The predicted molar refractivity (Wildman–Crippen MR) is 88.6 cm³/mol. The van der Waals surface area contributed by atoms with E-state index in [2.05, 4.69) is 5.32 Å². The molecule has 1 aliphatic heterocycles. The summed E-state index contributed by atoms with van der Waals surface area (Å²) < 4.78 is 0. The molecule has 5 nitrogen and oxygen atoms in total. The Morgan fingerprint density at radius 1 is 1.32 bits per heavy atom. The molecule has 2 amide bonds. The summed E-state index contributed by atoms with van der Waals surface area (Å²) in [4.78, 5) is 26.3. The minimum Gasteiger partial charge on any atom is -0.354 e. The van der Waals surface area contributed by atoms with Gasteiger partial charge in [0, 0.05) is 19.1 Å². The number of nitrogens with zero attached hydrogens (tertiary/aromatic N) is 1. The number of rotatable bonds is 3. The van der Waals surface area contributed by atoms with E-state index in [1.807, 2.05) is 44.2 Å². The van der Waals surface area contributed by atoms with Crippen LogP contribution in [0, 0.1) is 5.92 Å². The normalized spacial score (nSPS) is 21.1. The molecule has 6 heteroatoms. The highest BCUT2D eigenvalue weighted by Crippen LogP contribution is 2.27. The largest absolute Gasteiger partial charge is 0.354 e. The first-order chi connectivity index (χ1) is 10.0. The van der Waals surface area contributed by atoms with Crippen LogP contribution in [0.15, 0.2) is 30.3 Å². The lowest BCUT2D eigenvalue weighted by molar-refractivity contribution is -0.138. The highest BCUT2D eigenvalue weighted by atomic mass is 35.5. The Hall–Kier alpha value is -1.59. The maximum atomic E-state index is 12.7. The lowest BCUT2D eigenvalue weighted by atomic mass is 9.97. The number of hydrogen-bond donors (Lipinski definition) is 2. The molecule has 0 radical (unpaired) electrons. The lowest BCUT2D eigenvalue weighted by Gasteiger charge is -2.32. The average Bonchev–Trinajstić information content (AvgIpc) is 2.68. The molecule has 2 rings (SSSR count). The second-order valence-corrected chi connectivity index (χ2v) is 5.66. The number of carbonyl (C=O) groups is 2. The van der Waals surface area contributed by atoms with Crippen molar-refractivity contribution in [2.45, 2.75) is 32.4 Å². The number of nitrogens with one attached hydrogen (secondary N) is 1. The summed E-state index contributed by atoms with van der Waals surface area (Å²) in [6, 6.07) is 9.27. The molecule has 3 atom stereocenters. The molecular weight excluding hydrogens is 302 g/mol. The molecule has 3 unspecified atom stereocenters. The molecule has 1 aromatic carbocycles. The van der Waals surface area contributed by atoms with E-state index in [1.54, 1.807) is 4.90 Å². The van der Waals surface area contributed by atoms with Gasteiger partial charge in [-0.3, -0.25) is 9.59 Å². The van der Waals surface area contributed by atoms with Crippen molar-refractivity contribution in [1.29, 1.82) is 0 Å². The van der Waals surface area contributed by atoms with E-state index in [-0.39, 0.29) is 42.2 Å². The van der Waals surface area contributed by atoms with Gasteiger partial charge < -0.3 is 16.0 Å².